The molecule has 2 rings (SSSR count). The normalized spacial score (nSPS) is 16.5. The summed E-state index contributed by atoms with van der Waals surface area (Å²) in [5.74, 6) is 0.106. The monoisotopic (exact) mass is 401 g/mol. The molecule has 0 bridgehead atoms. The Kier molecular flexibility index (Phi) is 6.93. The Bertz CT molecular complexity index is 723. The second-order valence-electron chi connectivity index (χ2n) is 7.81. The number of carbonyl (C=O) groups is 1. The van der Waals surface area contributed by atoms with E-state index in [0.717, 1.165) is 12.8 Å². The van der Waals surface area contributed by atoms with E-state index in [1.807, 2.05) is 20.8 Å². The molecule has 1 saturated heterocycles. The Morgan fingerprint density at radius 3 is 2.42 bits per heavy atom. The van der Waals surface area contributed by atoms with Crippen LogP contribution in [0.3, 0.4) is 0 Å². The number of urea groups is 1. The third-order valence-corrected chi connectivity index (χ3v) is 5.95. The van der Waals surface area contributed by atoms with Gasteiger partial charge in [-0.25, -0.2) is 17.9 Å². The molecule has 1 aromatic rings. The maximum atomic E-state index is 12.3. The molecule has 146 valence electrons. The van der Waals surface area contributed by atoms with Gasteiger partial charge in [0.05, 0.1) is 5.75 Å². The van der Waals surface area contributed by atoms with Crippen molar-refractivity contribution in [2.75, 3.05) is 19.6 Å². The molecule has 0 aliphatic carbocycles. The van der Waals surface area contributed by atoms with Crippen molar-refractivity contribution in [2.45, 2.75) is 44.9 Å². The molecule has 1 heterocycles. The van der Waals surface area contributed by atoms with Crippen LogP contribution in [0.5, 0.6) is 0 Å². The zero-order chi connectivity index (χ0) is 19.4. The molecule has 6 nitrogen and oxygen atoms in total. The van der Waals surface area contributed by atoms with E-state index < -0.39 is 10.0 Å². The molecule has 2 N–H and O–H groups in total. The van der Waals surface area contributed by atoms with Gasteiger partial charge < -0.3 is 10.2 Å². The molecular formula is C18H28ClN3O3S. The number of piperidine rings is 1. The molecule has 1 aliphatic heterocycles. The zero-order valence-corrected chi connectivity index (χ0v) is 17.2. The number of halogens is 1. The fourth-order valence-electron chi connectivity index (χ4n) is 2.86. The van der Waals surface area contributed by atoms with E-state index in [1.54, 1.807) is 29.2 Å². The highest BCUT2D eigenvalue weighted by molar-refractivity contribution is 7.88. The van der Waals surface area contributed by atoms with Crippen molar-refractivity contribution in [1.82, 2.24) is 14.9 Å². The third kappa shape index (κ3) is 6.78. The van der Waals surface area contributed by atoms with Gasteiger partial charge in [0, 0.05) is 30.2 Å². The molecule has 0 spiro atoms. The lowest BCUT2D eigenvalue weighted by molar-refractivity contribution is 0.163. The van der Waals surface area contributed by atoms with Crippen molar-refractivity contribution in [3.63, 3.8) is 0 Å². The first-order chi connectivity index (χ1) is 12.1. The van der Waals surface area contributed by atoms with E-state index in [-0.39, 0.29) is 23.2 Å². The molecule has 2 amide bonds. The van der Waals surface area contributed by atoms with Crippen LogP contribution in [-0.4, -0.2) is 44.5 Å². The number of nitrogens with zero attached hydrogens (tertiary/aromatic N) is 1. The highest BCUT2D eigenvalue weighted by Gasteiger charge is 2.26. The van der Waals surface area contributed by atoms with Gasteiger partial charge in [0.25, 0.3) is 0 Å². The lowest BCUT2D eigenvalue weighted by atomic mass is 9.97. The van der Waals surface area contributed by atoms with Gasteiger partial charge in [-0.3, -0.25) is 0 Å². The summed E-state index contributed by atoms with van der Waals surface area (Å²) in [7, 11) is -3.44. The lowest BCUT2D eigenvalue weighted by Crippen LogP contribution is -2.51. The topological polar surface area (TPSA) is 78.5 Å². The summed E-state index contributed by atoms with van der Waals surface area (Å²) in [5, 5.41) is 3.41. The van der Waals surface area contributed by atoms with E-state index in [2.05, 4.69) is 10.0 Å². The largest absolute Gasteiger partial charge is 0.333 e. The van der Waals surface area contributed by atoms with Crippen molar-refractivity contribution in [3.05, 3.63) is 34.9 Å². The van der Waals surface area contributed by atoms with Gasteiger partial charge in [-0.2, -0.15) is 0 Å². The summed E-state index contributed by atoms with van der Waals surface area (Å²) < 4.78 is 27.2. The quantitative estimate of drug-likeness (QED) is 0.796. The van der Waals surface area contributed by atoms with E-state index in [0.29, 0.717) is 30.2 Å². The molecule has 26 heavy (non-hydrogen) atoms. The molecule has 0 saturated carbocycles. The van der Waals surface area contributed by atoms with Crippen LogP contribution in [0, 0.1) is 5.92 Å². The van der Waals surface area contributed by atoms with Crippen molar-refractivity contribution in [2.24, 2.45) is 5.92 Å². The number of hydrogen-bond acceptors (Lipinski definition) is 3. The fourth-order valence-corrected chi connectivity index (χ4v) is 4.39. The highest BCUT2D eigenvalue weighted by atomic mass is 35.5. The van der Waals surface area contributed by atoms with E-state index in [9.17, 15) is 13.2 Å². The molecule has 1 aliphatic rings. The SMILES string of the molecule is CC(C)(C)NC(=O)N1CCC(CNS(=O)(=O)Cc2ccccc2Cl)CC1. The Morgan fingerprint density at radius 1 is 1.23 bits per heavy atom. The number of benzene rings is 1. The second kappa shape index (κ2) is 8.59. The number of carbonyl (C=O) groups excluding carboxylic acids is 1. The average Bonchev–Trinajstić information content (AvgIpc) is 2.54. The van der Waals surface area contributed by atoms with Crippen molar-refractivity contribution in [3.8, 4) is 0 Å². The minimum atomic E-state index is -3.44. The van der Waals surface area contributed by atoms with Gasteiger partial charge in [0.15, 0.2) is 0 Å². The Morgan fingerprint density at radius 2 is 1.85 bits per heavy atom. The maximum absolute atomic E-state index is 12.3. The Balaban J connectivity index is 1.79. The summed E-state index contributed by atoms with van der Waals surface area (Å²) in [6, 6.07) is 6.89. The number of likely N-dealkylation sites (tertiary alicyclic amines) is 1. The fraction of sp³-hybridized carbons (Fsp3) is 0.611. The van der Waals surface area contributed by atoms with Crippen LogP contribution in [0.4, 0.5) is 4.79 Å². The molecule has 1 aromatic carbocycles. The molecular weight excluding hydrogens is 374 g/mol. The van der Waals surface area contributed by atoms with Crippen LogP contribution in [0.25, 0.3) is 0 Å². The van der Waals surface area contributed by atoms with Crippen molar-refractivity contribution < 1.29 is 13.2 Å². The first-order valence-corrected chi connectivity index (χ1v) is 10.9. The van der Waals surface area contributed by atoms with Crippen LogP contribution in [0.2, 0.25) is 5.02 Å². The average molecular weight is 402 g/mol. The number of rotatable bonds is 5. The predicted octanol–water partition coefficient (Wildman–Crippen LogP) is 2.98. The van der Waals surface area contributed by atoms with Gasteiger partial charge in [-0.1, -0.05) is 29.8 Å². The molecule has 8 heteroatoms. The van der Waals surface area contributed by atoms with Crippen LogP contribution < -0.4 is 10.0 Å². The standard InChI is InChI=1S/C18H28ClN3O3S/c1-18(2,3)21-17(23)22-10-8-14(9-11-22)12-20-26(24,25)13-15-6-4-5-7-16(15)19/h4-7,14,20H,8-13H2,1-3H3,(H,21,23). The number of hydrogen-bond donors (Lipinski definition) is 2. The molecule has 0 unspecified atom stereocenters. The predicted molar refractivity (Wildman–Crippen MR) is 105 cm³/mol. The third-order valence-electron chi connectivity index (χ3n) is 4.28. The molecule has 0 aromatic heterocycles. The van der Waals surface area contributed by atoms with Gasteiger partial charge in [-0.05, 0) is 51.2 Å². The van der Waals surface area contributed by atoms with Gasteiger partial charge in [0.2, 0.25) is 10.0 Å². The minimum Gasteiger partial charge on any atom is -0.333 e. The second-order valence-corrected chi connectivity index (χ2v) is 10.0. The summed E-state index contributed by atoms with van der Waals surface area (Å²) in [5.41, 5.74) is 0.331. The van der Waals surface area contributed by atoms with E-state index >= 15 is 0 Å². The maximum Gasteiger partial charge on any atom is 0.317 e. The summed E-state index contributed by atoms with van der Waals surface area (Å²) in [6.45, 7) is 7.52. The first kappa shape index (κ1) is 21.0. The van der Waals surface area contributed by atoms with Crippen LogP contribution in [0.1, 0.15) is 39.2 Å². The van der Waals surface area contributed by atoms with Gasteiger partial charge in [-0.15, -0.1) is 0 Å². The van der Waals surface area contributed by atoms with Crippen molar-refractivity contribution in [1.29, 1.82) is 0 Å². The minimum absolute atomic E-state index is 0.0600. The zero-order valence-electron chi connectivity index (χ0n) is 15.6. The summed E-state index contributed by atoms with van der Waals surface area (Å²) in [6.07, 6.45) is 1.57. The lowest BCUT2D eigenvalue weighted by Gasteiger charge is -2.34. The van der Waals surface area contributed by atoms with E-state index in [4.69, 9.17) is 11.6 Å². The molecule has 0 radical (unpaired) electrons. The smallest absolute Gasteiger partial charge is 0.317 e. The summed E-state index contributed by atoms with van der Waals surface area (Å²) >= 11 is 6.03. The molecule has 1 fully saturated rings. The van der Waals surface area contributed by atoms with Crippen molar-refractivity contribution >= 4 is 27.7 Å². The number of amides is 2. The van der Waals surface area contributed by atoms with Crippen LogP contribution >= 0.6 is 11.6 Å². The Hall–Kier alpha value is -1.31. The van der Waals surface area contributed by atoms with E-state index in [1.165, 1.54) is 0 Å². The first-order valence-electron chi connectivity index (χ1n) is 8.83. The number of sulfonamides is 1. The Labute approximate surface area is 161 Å². The summed E-state index contributed by atoms with van der Waals surface area (Å²) in [4.78, 5) is 14.0. The van der Waals surface area contributed by atoms with Gasteiger partial charge >= 0.3 is 6.03 Å². The highest BCUT2D eigenvalue weighted by Crippen LogP contribution is 2.19. The van der Waals surface area contributed by atoms with Crippen LogP contribution in [-0.2, 0) is 15.8 Å². The van der Waals surface area contributed by atoms with Gasteiger partial charge in [0.1, 0.15) is 0 Å². The number of nitrogens with one attached hydrogen (secondary N) is 2. The molecule has 0 atom stereocenters. The van der Waals surface area contributed by atoms with Crippen LogP contribution in [0.15, 0.2) is 24.3 Å².